The summed E-state index contributed by atoms with van der Waals surface area (Å²) in [6.45, 7) is 3.98. The molecule has 1 rings (SSSR count). The molecule has 0 aliphatic heterocycles. The fourth-order valence-electron chi connectivity index (χ4n) is 0.889. The van der Waals surface area contributed by atoms with Crippen LogP contribution in [-0.4, -0.2) is 21.2 Å². The van der Waals surface area contributed by atoms with Gasteiger partial charge in [0.15, 0.2) is 0 Å². The molecule has 1 atom stereocenters. The van der Waals surface area contributed by atoms with Gasteiger partial charge in [-0.25, -0.2) is 4.98 Å². The summed E-state index contributed by atoms with van der Waals surface area (Å²) in [6, 6.07) is 0.146. The number of nitrogens with one attached hydrogen (secondary N) is 1. The van der Waals surface area contributed by atoms with Crippen LogP contribution in [0.5, 0.6) is 0 Å². The van der Waals surface area contributed by atoms with Crippen molar-refractivity contribution < 1.29 is 0 Å². The van der Waals surface area contributed by atoms with E-state index < -0.39 is 0 Å². The van der Waals surface area contributed by atoms with Crippen LogP contribution in [0.2, 0.25) is 0 Å². The quantitative estimate of drug-likeness (QED) is 0.656. The molecule has 0 spiro atoms. The first-order valence-electron chi connectivity index (χ1n) is 3.88. The molecule has 0 saturated carbocycles. The van der Waals surface area contributed by atoms with Crippen molar-refractivity contribution in [3.63, 3.8) is 0 Å². The Bertz CT molecular complexity index is 216. The summed E-state index contributed by atoms with van der Waals surface area (Å²) in [7, 11) is 0. The van der Waals surface area contributed by atoms with Gasteiger partial charge >= 0.3 is 0 Å². The molecule has 0 radical (unpaired) electrons. The van der Waals surface area contributed by atoms with Crippen molar-refractivity contribution in [2.75, 3.05) is 0 Å². The lowest BCUT2D eigenvalue weighted by Crippen LogP contribution is -2.18. The van der Waals surface area contributed by atoms with Crippen molar-refractivity contribution in [3.05, 3.63) is 11.6 Å². The zero-order valence-corrected chi connectivity index (χ0v) is 6.96. The van der Waals surface area contributed by atoms with Crippen molar-refractivity contribution >= 4 is 0 Å². The molecule has 0 aliphatic carbocycles. The molecular formula is C7H14N4. The van der Waals surface area contributed by atoms with Crippen LogP contribution >= 0.6 is 0 Å². The van der Waals surface area contributed by atoms with E-state index in [4.69, 9.17) is 5.73 Å². The van der Waals surface area contributed by atoms with Crippen LogP contribution < -0.4 is 5.73 Å². The number of aryl methyl sites for hydroxylation is 1. The van der Waals surface area contributed by atoms with Crippen molar-refractivity contribution in [1.29, 1.82) is 0 Å². The van der Waals surface area contributed by atoms with Gasteiger partial charge in [0.25, 0.3) is 0 Å². The predicted octanol–water partition coefficient (Wildman–Crippen LogP) is 0.257. The molecule has 0 unspecified atom stereocenters. The lowest BCUT2D eigenvalue weighted by atomic mass is 10.2. The molecule has 0 fully saturated rings. The van der Waals surface area contributed by atoms with Gasteiger partial charge in [0, 0.05) is 18.9 Å². The number of hydrogen-bond donors (Lipinski definition) is 2. The van der Waals surface area contributed by atoms with Gasteiger partial charge in [0.1, 0.15) is 11.6 Å². The highest BCUT2D eigenvalue weighted by molar-refractivity contribution is 4.91. The molecule has 11 heavy (non-hydrogen) atoms. The monoisotopic (exact) mass is 154 g/mol. The van der Waals surface area contributed by atoms with E-state index in [1.807, 2.05) is 13.8 Å². The Morgan fingerprint density at radius 1 is 1.64 bits per heavy atom. The Balaban J connectivity index is 2.58. The minimum Gasteiger partial charge on any atom is -0.328 e. The predicted molar refractivity (Wildman–Crippen MR) is 43.1 cm³/mol. The summed E-state index contributed by atoms with van der Waals surface area (Å²) < 4.78 is 0. The zero-order chi connectivity index (χ0) is 8.27. The Morgan fingerprint density at radius 3 is 2.82 bits per heavy atom. The van der Waals surface area contributed by atoms with Gasteiger partial charge in [-0.05, 0) is 6.92 Å². The number of aromatic amines is 1. The van der Waals surface area contributed by atoms with Gasteiger partial charge in [0.2, 0.25) is 0 Å². The van der Waals surface area contributed by atoms with E-state index in [9.17, 15) is 0 Å². The summed E-state index contributed by atoms with van der Waals surface area (Å²) in [5.41, 5.74) is 5.59. The molecule has 4 heteroatoms. The zero-order valence-electron chi connectivity index (χ0n) is 6.96. The highest BCUT2D eigenvalue weighted by atomic mass is 15.2. The molecule has 1 aromatic heterocycles. The SMILES string of the molecule is CCc1n[nH]c(C[C@@H](C)N)n1. The van der Waals surface area contributed by atoms with Gasteiger partial charge in [-0.2, -0.15) is 5.10 Å². The molecule has 0 aliphatic rings. The molecule has 0 bridgehead atoms. The number of hydrogen-bond acceptors (Lipinski definition) is 3. The minimum atomic E-state index is 0.146. The molecule has 0 amide bonds. The maximum Gasteiger partial charge on any atom is 0.150 e. The third kappa shape index (κ3) is 2.31. The third-order valence-corrected chi connectivity index (χ3v) is 1.41. The normalized spacial score (nSPS) is 13.4. The molecule has 0 saturated heterocycles. The van der Waals surface area contributed by atoms with Crippen LogP contribution in [0.4, 0.5) is 0 Å². The number of aromatic nitrogens is 3. The van der Waals surface area contributed by atoms with Gasteiger partial charge in [-0.3, -0.25) is 5.10 Å². The first-order chi connectivity index (χ1) is 5.22. The average Bonchev–Trinajstić information content (AvgIpc) is 2.34. The van der Waals surface area contributed by atoms with Crippen molar-refractivity contribution in [3.8, 4) is 0 Å². The Morgan fingerprint density at radius 2 is 2.36 bits per heavy atom. The van der Waals surface area contributed by atoms with E-state index >= 15 is 0 Å². The van der Waals surface area contributed by atoms with E-state index in [1.54, 1.807) is 0 Å². The van der Waals surface area contributed by atoms with Crippen molar-refractivity contribution in [2.45, 2.75) is 32.7 Å². The summed E-state index contributed by atoms with van der Waals surface area (Å²) in [5, 5.41) is 6.84. The largest absolute Gasteiger partial charge is 0.328 e. The Kier molecular flexibility index (Phi) is 2.59. The third-order valence-electron chi connectivity index (χ3n) is 1.41. The minimum absolute atomic E-state index is 0.146. The van der Waals surface area contributed by atoms with Crippen LogP contribution in [0, 0.1) is 0 Å². The molecule has 62 valence electrons. The number of rotatable bonds is 3. The fraction of sp³-hybridized carbons (Fsp3) is 0.714. The van der Waals surface area contributed by atoms with Crippen LogP contribution in [0.25, 0.3) is 0 Å². The van der Waals surface area contributed by atoms with Crippen molar-refractivity contribution in [1.82, 2.24) is 15.2 Å². The maximum absolute atomic E-state index is 5.59. The molecule has 3 N–H and O–H groups in total. The van der Waals surface area contributed by atoms with Crippen LogP contribution in [0.15, 0.2) is 0 Å². The first-order valence-corrected chi connectivity index (χ1v) is 3.88. The number of H-pyrrole nitrogens is 1. The van der Waals surface area contributed by atoms with Gasteiger partial charge in [-0.15, -0.1) is 0 Å². The summed E-state index contributed by atoms with van der Waals surface area (Å²) in [4.78, 5) is 4.22. The second kappa shape index (κ2) is 3.48. The molecule has 1 aromatic rings. The number of nitrogens with two attached hydrogens (primary N) is 1. The highest BCUT2D eigenvalue weighted by Gasteiger charge is 2.02. The standard InChI is InChI=1S/C7H14N4/c1-3-6-9-7(11-10-6)4-5(2)8/h5H,3-4,8H2,1-2H3,(H,9,10,11)/t5-/m1/s1. The second-order valence-electron chi connectivity index (χ2n) is 2.73. The van der Waals surface area contributed by atoms with Crippen LogP contribution in [-0.2, 0) is 12.8 Å². The van der Waals surface area contributed by atoms with Gasteiger partial charge in [-0.1, -0.05) is 6.92 Å². The van der Waals surface area contributed by atoms with E-state index in [-0.39, 0.29) is 6.04 Å². The van der Waals surface area contributed by atoms with E-state index in [2.05, 4.69) is 15.2 Å². The lowest BCUT2D eigenvalue weighted by molar-refractivity contribution is 0.704. The van der Waals surface area contributed by atoms with Crippen LogP contribution in [0.3, 0.4) is 0 Å². The fourth-order valence-corrected chi connectivity index (χ4v) is 0.889. The second-order valence-corrected chi connectivity index (χ2v) is 2.73. The Labute approximate surface area is 66.2 Å². The highest BCUT2D eigenvalue weighted by Crippen LogP contribution is 1.95. The van der Waals surface area contributed by atoms with Gasteiger partial charge < -0.3 is 5.73 Å². The van der Waals surface area contributed by atoms with Gasteiger partial charge in [0.05, 0.1) is 0 Å². The summed E-state index contributed by atoms with van der Waals surface area (Å²) in [6.07, 6.45) is 1.64. The van der Waals surface area contributed by atoms with Crippen LogP contribution in [0.1, 0.15) is 25.5 Å². The molecule has 0 aromatic carbocycles. The van der Waals surface area contributed by atoms with E-state index in [1.165, 1.54) is 0 Å². The molecule has 4 nitrogen and oxygen atoms in total. The smallest absolute Gasteiger partial charge is 0.150 e. The van der Waals surface area contributed by atoms with E-state index in [0.29, 0.717) is 0 Å². The Hall–Kier alpha value is -0.900. The van der Waals surface area contributed by atoms with E-state index in [0.717, 1.165) is 24.5 Å². The maximum atomic E-state index is 5.59. The summed E-state index contributed by atoms with van der Waals surface area (Å²) in [5.74, 6) is 1.75. The molecule has 1 heterocycles. The number of nitrogens with zero attached hydrogens (tertiary/aromatic N) is 2. The summed E-state index contributed by atoms with van der Waals surface area (Å²) >= 11 is 0. The first kappa shape index (κ1) is 8.20. The van der Waals surface area contributed by atoms with Crippen molar-refractivity contribution in [2.24, 2.45) is 5.73 Å². The topological polar surface area (TPSA) is 67.6 Å². The lowest BCUT2D eigenvalue weighted by Gasteiger charge is -1.98. The average molecular weight is 154 g/mol. The molecular weight excluding hydrogens is 140 g/mol.